The van der Waals surface area contributed by atoms with Crippen LogP contribution in [0, 0.1) is 0 Å². The molecule has 2 aromatic heterocycles. The van der Waals surface area contributed by atoms with Gasteiger partial charge >= 0.3 is 5.97 Å². The first-order valence-electron chi connectivity index (χ1n) is 6.78. The van der Waals surface area contributed by atoms with Gasteiger partial charge in [0.15, 0.2) is 11.3 Å². The standard InChI is InChI=1S/C14H16ClN3O2/c15-10-5-4-8-18-11(9-17-6-2-1-3-7-17)12(14(19)20)16-13(10)18/h4-5,8H,1-3,6-7,9H2,(H,19,20). The van der Waals surface area contributed by atoms with Gasteiger partial charge in [0.05, 0.1) is 10.7 Å². The smallest absolute Gasteiger partial charge is 0.356 e. The Hall–Kier alpha value is -1.59. The van der Waals surface area contributed by atoms with Gasteiger partial charge in [-0.2, -0.15) is 0 Å². The van der Waals surface area contributed by atoms with Gasteiger partial charge in [0, 0.05) is 12.7 Å². The number of hydrogen-bond acceptors (Lipinski definition) is 3. The number of aromatic nitrogens is 2. The van der Waals surface area contributed by atoms with Gasteiger partial charge in [-0.3, -0.25) is 4.90 Å². The fraction of sp³-hybridized carbons (Fsp3) is 0.429. The molecule has 1 aliphatic rings. The second-order valence-corrected chi connectivity index (χ2v) is 5.51. The summed E-state index contributed by atoms with van der Waals surface area (Å²) in [5.41, 5.74) is 1.32. The molecule has 5 nitrogen and oxygen atoms in total. The third-order valence-electron chi connectivity index (χ3n) is 3.73. The zero-order chi connectivity index (χ0) is 14.1. The molecule has 3 heterocycles. The summed E-state index contributed by atoms with van der Waals surface area (Å²) < 4.78 is 1.79. The molecule has 1 fully saturated rings. The average molecular weight is 294 g/mol. The van der Waals surface area contributed by atoms with Crippen molar-refractivity contribution >= 4 is 23.2 Å². The number of imidazole rings is 1. The highest BCUT2D eigenvalue weighted by Crippen LogP contribution is 2.22. The molecule has 0 atom stereocenters. The Morgan fingerprint density at radius 2 is 2.10 bits per heavy atom. The second kappa shape index (κ2) is 5.42. The van der Waals surface area contributed by atoms with E-state index >= 15 is 0 Å². The Balaban J connectivity index is 2.04. The van der Waals surface area contributed by atoms with E-state index < -0.39 is 5.97 Å². The molecule has 20 heavy (non-hydrogen) atoms. The van der Waals surface area contributed by atoms with Gasteiger partial charge in [-0.15, -0.1) is 0 Å². The summed E-state index contributed by atoms with van der Waals surface area (Å²) in [6, 6.07) is 3.53. The molecule has 106 valence electrons. The number of aromatic carboxylic acids is 1. The lowest BCUT2D eigenvalue weighted by atomic mass is 10.1. The van der Waals surface area contributed by atoms with Crippen LogP contribution in [0.25, 0.3) is 5.65 Å². The van der Waals surface area contributed by atoms with Gasteiger partial charge in [0.25, 0.3) is 0 Å². The molecule has 0 radical (unpaired) electrons. The summed E-state index contributed by atoms with van der Waals surface area (Å²) in [4.78, 5) is 17.9. The first-order valence-corrected chi connectivity index (χ1v) is 7.15. The molecule has 0 aliphatic carbocycles. The van der Waals surface area contributed by atoms with Gasteiger partial charge in [0.2, 0.25) is 0 Å². The van der Waals surface area contributed by atoms with Gasteiger partial charge in [0.1, 0.15) is 0 Å². The summed E-state index contributed by atoms with van der Waals surface area (Å²) in [5, 5.41) is 9.82. The molecule has 3 rings (SSSR count). The molecule has 1 N–H and O–H groups in total. The summed E-state index contributed by atoms with van der Waals surface area (Å²) >= 11 is 6.10. The summed E-state index contributed by atoms with van der Waals surface area (Å²) in [6.45, 7) is 2.61. The normalized spacial score (nSPS) is 16.6. The first-order chi connectivity index (χ1) is 9.66. The molecule has 1 saturated heterocycles. The number of halogens is 1. The fourth-order valence-electron chi connectivity index (χ4n) is 2.74. The highest BCUT2D eigenvalue weighted by molar-refractivity contribution is 6.33. The topological polar surface area (TPSA) is 57.8 Å². The van der Waals surface area contributed by atoms with Crippen LogP contribution < -0.4 is 0 Å². The maximum absolute atomic E-state index is 11.4. The molecule has 0 spiro atoms. The van der Waals surface area contributed by atoms with E-state index in [9.17, 15) is 9.90 Å². The number of pyridine rings is 1. The lowest BCUT2D eigenvalue weighted by Gasteiger charge is -2.26. The van der Waals surface area contributed by atoms with Crippen molar-refractivity contribution in [2.24, 2.45) is 0 Å². The molecule has 2 aromatic rings. The predicted octanol–water partition coefficient (Wildman–Crippen LogP) is 2.67. The Kier molecular flexibility index (Phi) is 3.63. The zero-order valence-electron chi connectivity index (χ0n) is 11.0. The SMILES string of the molecule is O=C(O)c1nc2c(Cl)cccn2c1CN1CCCCC1. The van der Waals surface area contributed by atoms with Crippen LogP contribution in [0.4, 0.5) is 0 Å². The zero-order valence-corrected chi connectivity index (χ0v) is 11.8. The van der Waals surface area contributed by atoms with Crippen molar-refractivity contribution in [2.45, 2.75) is 25.8 Å². The van der Waals surface area contributed by atoms with Crippen LogP contribution in [0.3, 0.4) is 0 Å². The van der Waals surface area contributed by atoms with E-state index in [-0.39, 0.29) is 5.69 Å². The number of likely N-dealkylation sites (tertiary alicyclic amines) is 1. The van der Waals surface area contributed by atoms with Crippen molar-refractivity contribution < 1.29 is 9.90 Å². The van der Waals surface area contributed by atoms with Crippen molar-refractivity contribution in [3.05, 3.63) is 34.7 Å². The lowest BCUT2D eigenvalue weighted by Crippen LogP contribution is -2.30. The Morgan fingerprint density at radius 1 is 1.35 bits per heavy atom. The summed E-state index contributed by atoms with van der Waals surface area (Å²) in [5.74, 6) is -1.00. The van der Waals surface area contributed by atoms with Gasteiger partial charge in [-0.25, -0.2) is 9.78 Å². The average Bonchev–Trinajstić information content (AvgIpc) is 2.81. The Bertz CT molecular complexity index is 647. The van der Waals surface area contributed by atoms with E-state index in [0.717, 1.165) is 13.1 Å². The minimum atomic E-state index is -1.00. The highest BCUT2D eigenvalue weighted by atomic mass is 35.5. The maximum Gasteiger partial charge on any atom is 0.356 e. The second-order valence-electron chi connectivity index (χ2n) is 5.10. The van der Waals surface area contributed by atoms with Crippen molar-refractivity contribution in [1.82, 2.24) is 14.3 Å². The molecular weight excluding hydrogens is 278 g/mol. The summed E-state index contributed by atoms with van der Waals surface area (Å²) in [6.07, 6.45) is 5.40. The highest BCUT2D eigenvalue weighted by Gasteiger charge is 2.22. The van der Waals surface area contributed by atoms with Crippen LogP contribution in [0.5, 0.6) is 0 Å². The number of fused-ring (bicyclic) bond motifs is 1. The molecule has 0 saturated carbocycles. The number of carbonyl (C=O) groups is 1. The van der Waals surface area contributed by atoms with Crippen LogP contribution >= 0.6 is 11.6 Å². The van der Waals surface area contributed by atoms with E-state index in [1.54, 1.807) is 10.5 Å². The van der Waals surface area contributed by atoms with E-state index in [2.05, 4.69) is 9.88 Å². The molecule has 0 aromatic carbocycles. The molecule has 6 heteroatoms. The molecule has 0 bridgehead atoms. The summed E-state index contributed by atoms with van der Waals surface area (Å²) in [7, 11) is 0. The predicted molar refractivity (Wildman–Crippen MR) is 76.3 cm³/mol. The van der Waals surface area contributed by atoms with Crippen LogP contribution in [0.15, 0.2) is 18.3 Å². The van der Waals surface area contributed by atoms with E-state index in [1.165, 1.54) is 19.3 Å². The molecule has 0 unspecified atom stereocenters. The van der Waals surface area contributed by atoms with E-state index in [0.29, 0.717) is 22.9 Å². The number of piperidine rings is 1. The number of rotatable bonds is 3. The van der Waals surface area contributed by atoms with Gasteiger partial charge in [-0.05, 0) is 38.1 Å². The largest absolute Gasteiger partial charge is 0.476 e. The minimum absolute atomic E-state index is 0.101. The van der Waals surface area contributed by atoms with Crippen LogP contribution in [-0.2, 0) is 6.54 Å². The molecule has 0 amide bonds. The van der Waals surface area contributed by atoms with Crippen LogP contribution in [-0.4, -0.2) is 38.4 Å². The maximum atomic E-state index is 11.4. The van der Waals surface area contributed by atoms with Crippen molar-refractivity contribution in [3.63, 3.8) is 0 Å². The van der Waals surface area contributed by atoms with E-state index in [1.807, 2.05) is 12.3 Å². The Labute approximate surface area is 121 Å². The fourth-order valence-corrected chi connectivity index (χ4v) is 2.94. The minimum Gasteiger partial charge on any atom is -0.476 e. The first kappa shape index (κ1) is 13.4. The van der Waals surface area contributed by atoms with Crippen molar-refractivity contribution in [1.29, 1.82) is 0 Å². The lowest BCUT2D eigenvalue weighted by molar-refractivity contribution is 0.0688. The third-order valence-corrected chi connectivity index (χ3v) is 4.02. The van der Waals surface area contributed by atoms with Crippen molar-refractivity contribution in [3.8, 4) is 0 Å². The number of hydrogen-bond donors (Lipinski definition) is 1. The quantitative estimate of drug-likeness (QED) is 0.945. The monoisotopic (exact) mass is 293 g/mol. The number of nitrogens with zero attached hydrogens (tertiary/aromatic N) is 3. The van der Waals surface area contributed by atoms with Gasteiger partial charge in [-0.1, -0.05) is 18.0 Å². The van der Waals surface area contributed by atoms with Gasteiger partial charge < -0.3 is 9.51 Å². The number of carboxylic acid groups (broad SMARTS) is 1. The van der Waals surface area contributed by atoms with Crippen molar-refractivity contribution in [2.75, 3.05) is 13.1 Å². The number of carboxylic acids is 1. The van der Waals surface area contributed by atoms with Crippen LogP contribution in [0.2, 0.25) is 5.02 Å². The third kappa shape index (κ3) is 2.39. The molecular formula is C14H16ClN3O2. The van der Waals surface area contributed by atoms with E-state index in [4.69, 9.17) is 11.6 Å². The van der Waals surface area contributed by atoms with Crippen LogP contribution in [0.1, 0.15) is 35.4 Å². The molecule has 1 aliphatic heterocycles. The Morgan fingerprint density at radius 3 is 2.80 bits per heavy atom.